The highest BCUT2D eigenvalue weighted by molar-refractivity contribution is 4.89. The molecule has 1 N–H and O–H groups in total. The second kappa shape index (κ2) is 6.95. The Bertz CT molecular complexity index is 319. The van der Waals surface area contributed by atoms with Gasteiger partial charge in [0.25, 0.3) is 0 Å². The Kier molecular flexibility index (Phi) is 5.20. The molecule has 0 aromatic rings. The van der Waals surface area contributed by atoms with E-state index < -0.39 is 0 Å². The predicted molar refractivity (Wildman–Crippen MR) is 84.3 cm³/mol. The average Bonchev–Trinajstić information content (AvgIpc) is 2.94. The van der Waals surface area contributed by atoms with Gasteiger partial charge in [-0.15, -0.1) is 0 Å². The van der Waals surface area contributed by atoms with Gasteiger partial charge in [0.05, 0.1) is 13.2 Å². The van der Waals surface area contributed by atoms with Crippen molar-refractivity contribution in [2.24, 2.45) is 5.92 Å². The number of hydrogen-bond acceptors (Lipinski definition) is 4. The highest BCUT2D eigenvalue weighted by Gasteiger charge is 2.41. The van der Waals surface area contributed by atoms with Gasteiger partial charge in [0.15, 0.2) is 5.79 Å². The maximum Gasteiger partial charge on any atom is 0.168 e. The van der Waals surface area contributed by atoms with E-state index >= 15 is 0 Å². The van der Waals surface area contributed by atoms with Crippen molar-refractivity contribution < 1.29 is 9.47 Å². The smallest absolute Gasteiger partial charge is 0.168 e. The van der Waals surface area contributed by atoms with E-state index in [4.69, 9.17) is 9.47 Å². The lowest BCUT2D eigenvalue weighted by molar-refractivity contribution is -0.184. The molecule has 0 aromatic carbocycles. The predicted octanol–water partition coefficient (Wildman–Crippen LogP) is 2.38. The number of nitrogens with zero attached hydrogens (tertiary/aromatic N) is 1. The molecule has 3 rings (SSSR count). The maximum atomic E-state index is 5.85. The third-order valence-electron chi connectivity index (χ3n) is 5.41. The van der Waals surface area contributed by atoms with Gasteiger partial charge in [-0.25, -0.2) is 0 Å². The van der Waals surface area contributed by atoms with Crippen molar-refractivity contribution in [2.75, 3.05) is 32.8 Å². The summed E-state index contributed by atoms with van der Waals surface area (Å²) in [5, 5.41) is 3.61. The highest BCUT2D eigenvalue weighted by Crippen LogP contribution is 2.38. The van der Waals surface area contributed by atoms with E-state index in [-0.39, 0.29) is 5.79 Å². The molecule has 1 unspecified atom stereocenters. The third-order valence-corrected chi connectivity index (χ3v) is 5.41. The molecule has 4 nitrogen and oxygen atoms in total. The van der Waals surface area contributed by atoms with Crippen molar-refractivity contribution in [1.29, 1.82) is 0 Å². The molecule has 4 heteroatoms. The number of piperidine rings is 1. The normalized spacial score (nSPS) is 31.3. The molecule has 3 fully saturated rings. The molecule has 3 aliphatic rings. The summed E-state index contributed by atoms with van der Waals surface area (Å²) in [7, 11) is 0. The van der Waals surface area contributed by atoms with Crippen LogP contribution in [0.25, 0.3) is 0 Å². The Morgan fingerprint density at radius 3 is 2.52 bits per heavy atom. The molecular weight excluding hydrogens is 264 g/mol. The lowest BCUT2D eigenvalue weighted by atomic mass is 9.87. The molecule has 1 atom stereocenters. The monoisotopic (exact) mass is 296 g/mol. The fraction of sp³-hybridized carbons (Fsp3) is 1.00. The Morgan fingerprint density at radius 2 is 1.86 bits per heavy atom. The van der Waals surface area contributed by atoms with Gasteiger partial charge in [-0.1, -0.05) is 13.8 Å². The fourth-order valence-corrected chi connectivity index (χ4v) is 4.19. The largest absolute Gasteiger partial charge is 0.348 e. The van der Waals surface area contributed by atoms with Gasteiger partial charge in [0, 0.05) is 31.5 Å². The van der Waals surface area contributed by atoms with E-state index in [1.807, 2.05) is 0 Å². The van der Waals surface area contributed by atoms with Crippen LogP contribution in [0.1, 0.15) is 52.4 Å². The minimum atomic E-state index is -0.203. The molecule has 1 spiro atoms. The van der Waals surface area contributed by atoms with E-state index in [0.717, 1.165) is 38.0 Å². The SMILES string of the molecule is CC(C)NCC1CCCN(C2CCC3(CC2)OCCO3)C1. The van der Waals surface area contributed by atoms with Crippen molar-refractivity contribution in [3.05, 3.63) is 0 Å². The summed E-state index contributed by atoms with van der Waals surface area (Å²) in [6.45, 7) is 9.80. The van der Waals surface area contributed by atoms with Crippen LogP contribution < -0.4 is 5.32 Å². The molecule has 122 valence electrons. The number of ether oxygens (including phenoxy) is 2. The summed E-state index contributed by atoms with van der Waals surface area (Å²) in [5.41, 5.74) is 0. The zero-order valence-electron chi connectivity index (χ0n) is 13.8. The first-order valence-corrected chi connectivity index (χ1v) is 8.92. The summed E-state index contributed by atoms with van der Waals surface area (Å²) < 4.78 is 11.7. The first kappa shape index (κ1) is 15.7. The molecule has 0 bridgehead atoms. The summed E-state index contributed by atoms with van der Waals surface area (Å²) >= 11 is 0. The minimum Gasteiger partial charge on any atom is -0.348 e. The second-order valence-electron chi connectivity index (χ2n) is 7.40. The topological polar surface area (TPSA) is 33.7 Å². The van der Waals surface area contributed by atoms with Crippen LogP contribution in [0.5, 0.6) is 0 Å². The number of rotatable bonds is 4. The molecular formula is C17H32N2O2. The summed E-state index contributed by atoms with van der Waals surface area (Å²) in [4.78, 5) is 2.75. The number of hydrogen-bond donors (Lipinski definition) is 1. The standard InChI is InChI=1S/C17H32N2O2/c1-14(2)18-12-15-4-3-9-19(13-15)16-5-7-17(8-6-16)20-10-11-21-17/h14-16,18H,3-13H2,1-2H3. The molecule has 2 aliphatic heterocycles. The first-order chi connectivity index (χ1) is 10.2. The highest BCUT2D eigenvalue weighted by atomic mass is 16.7. The van der Waals surface area contributed by atoms with Crippen LogP contribution >= 0.6 is 0 Å². The molecule has 2 heterocycles. The van der Waals surface area contributed by atoms with Gasteiger partial charge in [-0.2, -0.15) is 0 Å². The van der Waals surface area contributed by atoms with E-state index in [0.29, 0.717) is 6.04 Å². The van der Waals surface area contributed by atoms with Crippen LogP contribution in [-0.2, 0) is 9.47 Å². The van der Waals surface area contributed by atoms with Gasteiger partial charge in [0.2, 0.25) is 0 Å². The molecule has 0 radical (unpaired) electrons. The average molecular weight is 296 g/mol. The zero-order chi connectivity index (χ0) is 14.7. The summed E-state index contributed by atoms with van der Waals surface area (Å²) in [6, 6.07) is 1.36. The van der Waals surface area contributed by atoms with E-state index in [1.54, 1.807) is 0 Å². The second-order valence-corrected chi connectivity index (χ2v) is 7.40. The minimum absolute atomic E-state index is 0.203. The summed E-state index contributed by atoms with van der Waals surface area (Å²) in [5.74, 6) is 0.626. The van der Waals surface area contributed by atoms with E-state index in [1.165, 1.54) is 45.3 Å². The Hall–Kier alpha value is -0.160. The Labute approximate surface area is 129 Å². The van der Waals surface area contributed by atoms with Gasteiger partial charge < -0.3 is 19.7 Å². The zero-order valence-corrected chi connectivity index (χ0v) is 13.8. The molecule has 0 aromatic heterocycles. The van der Waals surface area contributed by atoms with E-state index in [2.05, 4.69) is 24.1 Å². The van der Waals surface area contributed by atoms with Gasteiger partial charge in [-0.05, 0) is 44.7 Å². The Balaban J connectivity index is 1.46. The molecule has 1 saturated carbocycles. The lowest BCUT2D eigenvalue weighted by Crippen LogP contribution is -2.49. The number of nitrogens with one attached hydrogen (secondary N) is 1. The van der Waals surface area contributed by atoms with Crippen molar-refractivity contribution in [3.8, 4) is 0 Å². The van der Waals surface area contributed by atoms with Crippen LogP contribution in [0.2, 0.25) is 0 Å². The molecule has 2 saturated heterocycles. The first-order valence-electron chi connectivity index (χ1n) is 8.92. The number of likely N-dealkylation sites (tertiary alicyclic amines) is 1. The van der Waals surface area contributed by atoms with Crippen molar-refractivity contribution in [2.45, 2.75) is 70.2 Å². The fourth-order valence-electron chi connectivity index (χ4n) is 4.19. The lowest BCUT2D eigenvalue weighted by Gasteiger charge is -2.43. The van der Waals surface area contributed by atoms with Crippen LogP contribution in [0.3, 0.4) is 0 Å². The Morgan fingerprint density at radius 1 is 1.14 bits per heavy atom. The van der Waals surface area contributed by atoms with Gasteiger partial charge in [-0.3, -0.25) is 0 Å². The van der Waals surface area contributed by atoms with Crippen LogP contribution in [0, 0.1) is 5.92 Å². The molecule has 1 aliphatic carbocycles. The van der Waals surface area contributed by atoms with Crippen LogP contribution in [-0.4, -0.2) is 55.6 Å². The van der Waals surface area contributed by atoms with Crippen molar-refractivity contribution >= 4 is 0 Å². The van der Waals surface area contributed by atoms with Crippen LogP contribution in [0.4, 0.5) is 0 Å². The van der Waals surface area contributed by atoms with Crippen LogP contribution in [0.15, 0.2) is 0 Å². The van der Waals surface area contributed by atoms with Gasteiger partial charge in [0.1, 0.15) is 0 Å². The third kappa shape index (κ3) is 3.98. The molecule has 0 amide bonds. The summed E-state index contributed by atoms with van der Waals surface area (Å²) in [6.07, 6.45) is 7.40. The van der Waals surface area contributed by atoms with Crippen molar-refractivity contribution in [1.82, 2.24) is 10.2 Å². The van der Waals surface area contributed by atoms with Gasteiger partial charge >= 0.3 is 0 Å². The quantitative estimate of drug-likeness (QED) is 0.863. The van der Waals surface area contributed by atoms with E-state index in [9.17, 15) is 0 Å². The van der Waals surface area contributed by atoms with Crippen molar-refractivity contribution in [3.63, 3.8) is 0 Å². The maximum absolute atomic E-state index is 5.85. The molecule has 21 heavy (non-hydrogen) atoms.